The number of nitrogens with one attached hydrogen (secondary N) is 1. The standard InChI is InChI=1S/C29H33N3O2/c1-21(30-29(33)23-12-3-2-4-13-23)28-31-25-16-7-8-17-26(25)32(28)19-10-20-34-27-18-9-14-22-11-5-6-15-24(22)27/h5-9,11,14-18,21,23H,2-4,10,12-13,19-20H2,1H3,(H,30,33). The van der Waals surface area contributed by atoms with Crippen molar-refractivity contribution in [1.82, 2.24) is 14.9 Å². The zero-order valence-corrected chi connectivity index (χ0v) is 19.9. The number of hydrogen-bond donors (Lipinski definition) is 1. The third-order valence-corrected chi connectivity index (χ3v) is 6.94. The Kier molecular flexibility index (Phi) is 6.79. The molecule has 34 heavy (non-hydrogen) atoms. The summed E-state index contributed by atoms with van der Waals surface area (Å²) >= 11 is 0. The molecule has 5 heteroatoms. The third-order valence-electron chi connectivity index (χ3n) is 6.94. The van der Waals surface area contributed by atoms with Gasteiger partial charge in [0.2, 0.25) is 5.91 Å². The Bertz CT molecular complexity index is 1270. The molecule has 3 aromatic carbocycles. The number of imidazole rings is 1. The summed E-state index contributed by atoms with van der Waals surface area (Å²) in [6.45, 7) is 3.44. The van der Waals surface area contributed by atoms with E-state index in [2.05, 4.69) is 34.1 Å². The zero-order valence-electron chi connectivity index (χ0n) is 19.9. The van der Waals surface area contributed by atoms with Gasteiger partial charge in [-0.15, -0.1) is 0 Å². The van der Waals surface area contributed by atoms with Crippen LogP contribution in [0, 0.1) is 5.92 Å². The maximum absolute atomic E-state index is 12.9. The molecular weight excluding hydrogens is 422 g/mol. The summed E-state index contributed by atoms with van der Waals surface area (Å²) in [5.41, 5.74) is 2.06. The Labute approximate surface area is 201 Å². The van der Waals surface area contributed by atoms with Gasteiger partial charge in [-0.1, -0.05) is 67.8 Å². The molecular formula is C29H33N3O2. The molecule has 1 fully saturated rings. The van der Waals surface area contributed by atoms with Crippen LogP contribution in [0.15, 0.2) is 66.7 Å². The molecule has 4 aromatic rings. The van der Waals surface area contributed by atoms with Crippen LogP contribution in [0.4, 0.5) is 0 Å². The molecule has 0 radical (unpaired) electrons. The number of fused-ring (bicyclic) bond motifs is 2. The van der Waals surface area contributed by atoms with E-state index in [1.165, 1.54) is 11.8 Å². The van der Waals surface area contributed by atoms with Gasteiger partial charge >= 0.3 is 0 Å². The Balaban J connectivity index is 1.28. The van der Waals surface area contributed by atoms with Crippen LogP contribution >= 0.6 is 0 Å². The van der Waals surface area contributed by atoms with Crippen LogP contribution in [0.25, 0.3) is 21.8 Å². The number of para-hydroxylation sites is 2. The molecule has 5 nitrogen and oxygen atoms in total. The second-order valence-electron chi connectivity index (χ2n) is 9.35. The monoisotopic (exact) mass is 455 g/mol. The van der Waals surface area contributed by atoms with Crippen molar-refractivity contribution in [3.63, 3.8) is 0 Å². The van der Waals surface area contributed by atoms with Crippen LogP contribution in [-0.4, -0.2) is 22.1 Å². The topological polar surface area (TPSA) is 56.2 Å². The van der Waals surface area contributed by atoms with E-state index in [4.69, 9.17) is 9.72 Å². The summed E-state index contributed by atoms with van der Waals surface area (Å²) in [4.78, 5) is 17.8. The van der Waals surface area contributed by atoms with E-state index < -0.39 is 0 Å². The quantitative estimate of drug-likeness (QED) is 0.312. The SMILES string of the molecule is CC(NC(=O)C1CCCCC1)c1nc2ccccc2n1CCCOc1cccc2ccccc12. The number of amides is 1. The summed E-state index contributed by atoms with van der Waals surface area (Å²) in [5, 5.41) is 5.57. The highest BCUT2D eigenvalue weighted by atomic mass is 16.5. The van der Waals surface area contributed by atoms with Crippen molar-refractivity contribution < 1.29 is 9.53 Å². The molecule has 1 aliphatic rings. The Hall–Kier alpha value is -3.34. The molecule has 1 saturated carbocycles. The Morgan fingerprint density at radius 1 is 1.03 bits per heavy atom. The first-order chi connectivity index (χ1) is 16.7. The van der Waals surface area contributed by atoms with Crippen molar-refractivity contribution >= 4 is 27.7 Å². The van der Waals surface area contributed by atoms with Gasteiger partial charge in [-0.3, -0.25) is 4.79 Å². The fraction of sp³-hybridized carbons (Fsp3) is 0.379. The fourth-order valence-corrected chi connectivity index (χ4v) is 5.15. The highest BCUT2D eigenvalue weighted by Gasteiger charge is 2.24. The van der Waals surface area contributed by atoms with Gasteiger partial charge < -0.3 is 14.6 Å². The third kappa shape index (κ3) is 4.79. The average molecular weight is 456 g/mol. The number of aromatic nitrogens is 2. The second-order valence-corrected chi connectivity index (χ2v) is 9.35. The lowest BCUT2D eigenvalue weighted by molar-refractivity contribution is -0.126. The van der Waals surface area contributed by atoms with Gasteiger partial charge in [0.1, 0.15) is 11.6 Å². The van der Waals surface area contributed by atoms with Crippen LogP contribution < -0.4 is 10.1 Å². The fourth-order valence-electron chi connectivity index (χ4n) is 5.15. The molecule has 0 saturated heterocycles. The summed E-state index contributed by atoms with van der Waals surface area (Å²) in [7, 11) is 0. The van der Waals surface area contributed by atoms with Gasteiger partial charge in [-0.25, -0.2) is 4.98 Å². The number of aryl methyl sites for hydroxylation is 1. The largest absolute Gasteiger partial charge is 0.493 e. The molecule has 1 N–H and O–H groups in total. The Morgan fingerprint density at radius 2 is 1.79 bits per heavy atom. The van der Waals surface area contributed by atoms with Crippen molar-refractivity contribution in [2.24, 2.45) is 5.92 Å². The maximum Gasteiger partial charge on any atom is 0.223 e. The number of rotatable bonds is 8. The number of benzene rings is 3. The number of carbonyl (C=O) groups excluding carboxylic acids is 1. The van der Waals surface area contributed by atoms with E-state index in [9.17, 15) is 4.79 Å². The van der Waals surface area contributed by atoms with Crippen molar-refractivity contribution in [3.8, 4) is 5.75 Å². The van der Waals surface area contributed by atoms with E-state index in [0.717, 1.165) is 66.6 Å². The number of carbonyl (C=O) groups is 1. The number of nitrogens with zero attached hydrogens (tertiary/aromatic N) is 2. The van der Waals surface area contributed by atoms with Crippen LogP contribution in [0.5, 0.6) is 5.75 Å². The van der Waals surface area contributed by atoms with E-state index in [0.29, 0.717) is 6.61 Å². The van der Waals surface area contributed by atoms with Crippen LogP contribution in [0.1, 0.15) is 57.3 Å². The van der Waals surface area contributed by atoms with Crippen molar-refractivity contribution in [2.45, 2.75) is 58.0 Å². The van der Waals surface area contributed by atoms with Crippen molar-refractivity contribution in [2.75, 3.05) is 6.61 Å². The molecule has 1 aromatic heterocycles. The van der Waals surface area contributed by atoms with Gasteiger partial charge in [0.15, 0.2) is 0 Å². The zero-order chi connectivity index (χ0) is 23.3. The first kappa shape index (κ1) is 22.5. The number of ether oxygens (including phenoxy) is 1. The predicted molar refractivity (Wildman–Crippen MR) is 137 cm³/mol. The molecule has 1 atom stereocenters. The molecule has 0 aliphatic heterocycles. The molecule has 0 bridgehead atoms. The van der Waals surface area contributed by atoms with Gasteiger partial charge in [0.05, 0.1) is 23.7 Å². The van der Waals surface area contributed by atoms with Gasteiger partial charge in [-0.05, 0) is 49.8 Å². The van der Waals surface area contributed by atoms with E-state index in [1.54, 1.807) is 0 Å². The summed E-state index contributed by atoms with van der Waals surface area (Å²) in [6, 6.07) is 22.5. The lowest BCUT2D eigenvalue weighted by Gasteiger charge is -2.23. The van der Waals surface area contributed by atoms with E-state index in [1.807, 2.05) is 49.4 Å². The molecule has 5 rings (SSSR count). The maximum atomic E-state index is 12.9. The second kappa shape index (κ2) is 10.3. The molecule has 0 spiro atoms. The van der Waals surface area contributed by atoms with Gasteiger partial charge in [0.25, 0.3) is 0 Å². The minimum atomic E-state index is -0.138. The molecule has 1 aliphatic carbocycles. The molecule has 1 unspecified atom stereocenters. The minimum Gasteiger partial charge on any atom is -0.493 e. The predicted octanol–water partition coefficient (Wildman–Crippen LogP) is 6.42. The summed E-state index contributed by atoms with van der Waals surface area (Å²) in [5.74, 6) is 2.14. The first-order valence-electron chi connectivity index (χ1n) is 12.6. The summed E-state index contributed by atoms with van der Waals surface area (Å²) < 4.78 is 8.41. The molecule has 1 heterocycles. The van der Waals surface area contributed by atoms with Crippen LogP contribution in [0.2, 0.25) is 0 Å². The summed E-state index contributed by atoms with van der Waals surface area (Å²) in [6.07, 6.45) is 6.40. The highest BCUT2D eigenvalue weighted by molar-refractivity contribution is 5.88. The lowest BCUT2D eigenvalue weighted by Crippen LogP contribution is -2.35. The van der Waals surface area contributed by atoms with E-state index >= 15 is 0 Å². The van der Waals surface area contributed by atoms with Gasteiger partial charge in [0, 0.05) is 17.8 Å². The van der Waals surface area contributed by atoms with Crippen molar-refractivity contribution in [3.05, 3.63) is 72.6 Å². The number of hydrogen-bond acceptors (Lipinski definition) is 3. The first-order valence-corrected chi connectivity index (χ1v) is 12.6. The van der Waals surface area contributed by atoms with Crippen molar-refractivity contribution in [1.29, 1.82) is 0 Å². The normalized spacial score (nSPS) is 15.4. The van der Waals surface area contributed by atoms with Crippen LogP contribution in [0.3, 0.4) is 0 Å². The Morgan fingerprint density at radius 3 is 2.68 bits per heavy atom. The smallest absolute Gasteiger partial charge is 0.223 e. The van der Waals surface area contributed by atoms with E-state index in [-0.39, 0.29) is 17.9 Å². The van der Waals surface area contributed by atoms with Gasteiger partial charge in [-0.2, -0.15) is 0 Å². The molecule has 1 amide bonds. The minimum absolute atomic E-state index is 0.138. The molecule has 176 valence electrons. The highest BCUT2D eigenvalue weighted by Crippen LogP contribution is 2.27. The lowest BCUT2D eigenvalue weighted by atomic mass is 9.88. The average Bonchev–Trinajstić information content (AvgIpc) is 3.26. The van der Waals surface area contributed by atoms with Crippen LogP contribution in [-0.2, 0) is 11.3 Å².